The van der Waals surface area contributed by atoms with Gasteiger partial charge in [-0.1, -0.05) is 5.16 Å². The Kier molecular flexibility index (Phi) is 2.38. The van der Waals surface area contributed by atoms with Crippen LogP contribution in [-0.4, -0.2) is 20.1 Å². The number of nitrogens with zero attached hydrogens (tertiary/aromatic N) is 4. The third-order valence-electron chi connectivity index (χ3n) is 2.27. The van der Waals surface area contributed by atoms with Gasteiger partial charge in [0.25, 0.3) is 0 Å². The predicted octanol–water partition coefficient (Wildman–Crippen LogP) is 1.62. The molecule has 0 radical (unpaired) electrons. The van der Waals surface area contributed by atoms with E-state index in [1.54, 1.807) is 24.7 Å². The molecule has 0 amide bonds. The van der Waals surface area contributed by atoms with E-state index in [0.717, 1.165) is 17.1 Å². The summed E-state index contributed by atoms with van der Waals surface area (Å²) >= 11 is 0. The first kappa shape index (κ1) is 9.71. The minimum Gasteiger partial charge on any atom is -0.363 e. The van der Waals surface area contributed by atoms with E-state index in [1.807, 2.05) is 12.1 Å². The van der Waals surface area contributed by atoms with Gasteiger partial charge in [0.2, 0.25) is 0 Å². The third-order valence-corrected chi connectivity index (χ3v) is 2.27. The lowest BCUT2D eigenvalue weighted by Crippen LogP contribution is -2.01. The van der Waals surface area contributed by atoms with Gasteiger partial charge in [0.15, 0.2) is 11.4 Å². The molecule has 6 heteroatoms. The lowest BCUT2D eigenvalue weighted by atomic mass is 10.4. The summed E-state index contributed by atoms with van der Waals surface area (Å²) in [5.74, 6) is 1.49. The minimum absolute atomic E-state index is 0.540. The molecule has 0 fully saturated rings. The molecule has 84 valence electrons. The molecule has 1 N–H and O–H groups in total. The fourth-order valence-corrected chi connectivity index (χ4v) is 1.46. The summed E-state index contributed by atoms with van der Waals surface area (Å²) in [4.78, 5) is 12.6. The maximum absolute atomic E-state index is 4.97. The summed E-state index contributed by atoms with van der Waals surface area (Å²) < 4.78 is 4.97. The molecule has 0 unspecified atom stereocenters. The van der Waals surface area contributed by atoms with E-state index in [1.165, 1.54) is 0 Å². The zero-order valence-electron chi connectivity index (χ0n) is 8.87. The van der Waals surface area contributed by atoms with Crippen molar-refractivity contribution in [2.45, 2.75) is 6.54 Å². The van der Waals surface area contributed by atoms with Crippen LogP contribution < -0.4 is 5.32 Å². The Bertz CT molecular complexity index is 623. The number of nitrogens with one attached hydrogen (secondary N) is 1. The lowest BCUT2D eigenvalue weighted by molar-refractivity contribution is 0.388. The first-order valence-corrected chi connectivity index (χ1v) is 5.13. The van der Waals surface area contributed by atoms with Crippen molar-refractivity contribution in [2.75, 3.05) is 5.32 Å². The van der Waals surface area contributed by atoms with E-state index in [4.69, 9.17) is 4.52 Å². The molecule has 3 heterocycles. The lowest BCUT2D eigenvalue weighted by Gasteiger charge is -2.03. The number of rotatable bonds is 3. The molecule has 0 spiro atoms. The van der Waals surface area contributed by atoms with Crippen molar-refractivity contribution in [3.63, 3.8) is 0 Å². The van der Waals surface area contributed by atoms with E-state index in [-0.39, 0.29) is 0 Å². The van der Waals surface area contributed by atoms with Gasteiger partial charge in [-0.15, -0.1) is 0 Å². The monoisotopic (exact) mass is 227 g/mol. The minimum atomic E-state index is 0.540. The van der Waals surface area contributed by atoms with Gasteiger partial charge >= 0.3 is 0 Å². The topological polar surface area (TPSA) is 76.7 Å². The van der Waals surface area contributed by atoms with Gasteiger partial charge in [0.1, 0.15) is 11.3 Å². The summed E-state index contributed by atoms with van der Waals surface area (Å²) in [6, 6.07) is 5.53. The molecular formula is C11H9N5O. The van der Waals surface area contributed by atoms with Crippen LogP contribution in [0.25, 0.3) is 11.2 Å². The van der Waals surface area contributed by atoms with Crippen molar-refractivity contribution in [1.82, 2.24) is 20.1 Å². The molecule has 3 aromatic heterocycles. The summed E-state index contributed by atoms with van der Waals surface area (Å²) in [5.41, 5.74) is 1.40. The molecule has 0 aliphatic rings. The molecular weight excluding hydrogens is 218 g/mol. The predicted molar refractivity (Wildman–Crippen MR) is 61.2 cm³/mol. The Morgan fingerprint density at radius 3 is 2.88 bits per heavy atom. The zero-order valence-corrected chi connectivity index (χ0v) is 8.87. The number of fused-ring (bicyclic) bond motifs is 1. The first-order valence-electron chi connectivity index (χ1n) is 5.13. The molecule has 17 heavy (non-hydrogen) atoms. The van der Waals surface area contributed by atoms with Crippen LogP contribution in [0, 0.1) is 0 Å². The van der Waals surface area contributed by atoms with Gasteiger partial charge in [-0.05, 0) is 12.1 Å². The van der Waals surface area contributed by atoms with Gasteiger partial charge in [-0.25, -0.2) is 9.97 Å². The van der Waals surface area contributed by atoms with Crippen LogP contribution in [0.2, 0.25) is 0 Å². The summed E-state index contributed by atoms with van der Waals surface area (Å²) in [6.45, 7) is 0.540. The largest absolute Gasteiger partial charge is 0.363 e. The van der Waals surface area contributed by atoms with E-state index in [2.05, 4.69) is 25.4 Å². The molecule has 0 aliphatic carbocycles. The summed E-state index contributed by atoms with van der Waals surface area (Å²) in [7, 11) is 0. The fraction of sp³-hybridized carbons (Fsp3) is 0.0909. The zero-order chi connectivity index (χ0) is 11.5. The highest BCUT2D eigenvalue weighted by atomic mass is 16.5. The van der Waals surface area contributed by atoms with Crippen molar-refractivity contribution in [1.29, 1.82) is 0 Å². The Morgan fingerprint density at radius 1 is 1.06 bits per heavy atom. The SMILES string of the molecule is c1cc(CNc2ccc3nccnc3n2)on1. The van der Waals surface area contributed by atoms with Crippen molar-refractivity contribution in [3.05, 3.63) is 42.5 Å². The third kappa shape index (κ3) is 2.05. The normalized spacial score (nSPS) is 10.6. The molecule has 0 saturated heterocycles. The summed E-state index contributed by atoms with van der Waals surface area (Å²) in [5, 5.41) is 6.75. The molecule has 3 rings (SSSR count). The Balaban J connectivity index is 1.81. The van der Waals surface area contributed by atoms with E-state index >= 15 is 0 Å². The molecule has 0 atom stereocenters. The Morgan fingerprint density at radius 2 is 2.00 bits per heavy atom. The highest BCUT2D eigenvalue weighted by molar-refractivity contribution is 5.71. The average molecular weight is 227 g/mol. The van der Waals surface area contributed by atoms with E-state index in [9.17, 15) is 0 Å². The molecule has 3 aromatic rings. The van der Waals surface area contributed by atoms with Crippen molar-refractivity contribution in [3.8, 4) is 0 Å². The van der Waals surface area contributed by atoms with Crippen LogP contribution in [0.15, 0.2) is 41.3 Å². The molecule has 6 nitrogen and oxygen atoms in total. The first-order chi connectivity index (χ1) is 8.42. The van der Waals surface area contributed by atoms with Gasteiger partial charge in [0, 0.05) is 18.5 Å². The molecule has 0 aromatic carbocycles. The maximum Gasteiger partial charge on any atom is 0.180 e. The molecule has 0 bridgehead atoms. The Hall–Kier alpha value is -2.50. The standard InChI is InChI=1S/C11H9N5O/c1-2-10(14-7-8-3-4-15-17-8)16-11-9(1)12-5-6-13-11/h1-6H,7H2,(H,13,14,16). The van der Waals surface area contributed by atoms with Gasteiger partial charge in [-0.3, -0.25) is 4.98 Å². The number of aromatic nitrogens is 4. The second-order valence-electron chi connectivity index (χ2n) is 3.43. The van der Waals surface area contributed by atoms with Crippen LogP contribution in [0.1, 0.15) is 5.76 Å². The molecule has 0 aliphatic heterocycles. The quantitative estimate of drug-likeness (QED) is 0.732. The average Bonchev–Trinajstić information content (AvgIpc) is 2.89. The smallest absolute Gasteiger partial charge is 0.180 e. The van der Waals surface area contributed by atoms with Crippen LogP contribution in [0.3, 0.4) is 0 Å². The highest BCUT2D eigenvalue weighted by Gasteiger charge is 2.01. The number of hydrogen-bond acceptors (Lipinski definition) is 6. The van der Waals surface area contributed by atoms with Crippen LogP contribution >= 0.6 is 0 Å². The van der Waals surface area contributed by atoms with Gasteiger partial charge < -0.3 is 9.84 Å². The number of hydrogen-bond donors (Lipinski definition) is 1. The van der Waals surface area contributed by atoms with Crippen molar-refractivity contribution < 1.29 is 4.52 Å². The number of anilines is 1. The summed E-state index contributed by atoms with van der Waals surface area (Å²) in [6.07, 6.45) is 4.87. The van der Waals surface area contributed by atoms with Gasteiger partial charge in [0.05, 0.1) is 12.7 Å². The van der Waals surface area contributed by atoms with E-state index in [0.29, 0.717) is 12.2 Å². The highest BCUT2D eigenvalue weighted by Crippen LogP contribution is 2.11. The van der Waals surface area contributed by atoms with Crippen molar-refractivity contribution >= 4 is 17.0 Å². The Labute approximate surface area is 96.7 Å². The molecule has 0 saturated carbocycles. The number of pyridine rings is 1. The van der Waals surface area contributed by atoms with Gasteiger partial charge in [-0.2, -0.15) is 0 Å². The maximum atomic E-state index is 4.97. The van der Waals surface area contributed by atoms with Crippen LogP contribution in [-0.2, 0) is 6.54 Å². The second-order valence-corrected chi connectivity index (χ2v) is 3.43. The van der Waals surface area contributed by atoms with Crippen LogP contribution in [0.4, 0.5) is 5.82 Å². The fourth-order valence-electron chi connectivity index (χ4n) is 1.46. The van der Waals surface area contributed by atoms with Crippen LogP contribution in [0.5, 0.6) is 0 Å². The van der Waals surface area contributed by atoms with Crippen molar-refractivity contribution in [2.24, 2.45) is 0 Å². The second kappa shape index (κ2) is 4.17. The van der Waals surface area contributed by atoms with E-state index < -0.39 is 0 Å².